The van der Waals surface area contributed by atoms with Crippen molar-refractivity contribution in [3.63, 3.8) is 0 Å². The van der Waals surface area contributed by atoms with E-state index >= 15 is 0 Å². The van der Waals surface area contributed by atoms with Crippen molar-refractivity contribution < 1.29 is 24.1 Å². The molecular formula is C37H57NO5. The van der Waals surface area contributed by atoms with E-state index < -0.39 is 17.1 Å². The van der Waals surface area contributed by atoms with Gasteiger partial charge in [0, 0.05) is 24.4 Å². The maximum Gasteiger partial charge on any atom is 0.310 e. The number of aliphatic hydroxyl groups is 1. The standard InChI is InChI=1S/C37H57NO5/c1-6-8-9-10-11-12-13-14-15-16-17-18-19-20-21-22-32(39)42-30-25-26-37(40)31(38(4)7-2)27-28-23-24-29(41-5)34-33(28)36(37,3)35(30)43-34/h14-15,23-25,31,35,40H,6-13,16-22,26-27H2,1-5H3/b15-14-/t31-,35+,36+,37-/m1/s1. The molecule has 0 saturated carbocycles. The number of carbonyl (C=O) groups excluding carboxylic acids is 1. The van der Waals surface area contributed by atoms with Crippen LogP contribution in [0.3, 0.4) is 0 Å². The predicted molar refractivity (Wildman–Crippen MR) is 174 cm³/mol. The zero-order valence-corrected chi connectivity index (χ0v) is 27.6. The SMILES string of the molecule is CCCCCCCC/C=C\CCCCCCCC(=O)OC1=CC[C@@]2(O)[C@H](N(C)CC)Cc3ccc(OC)c4c3[C@@]2(C)[C@H]1O4. The normalized spacial score (nSPS) is 25.5. The molecule has 1 aliphatic heterocycles. The van der Waals surface area contributed by atoms with Gasteiger partial charge in [0.2, 0.25) is 0 Å². The van der Waals surface area contributed by atoms with E-state index in [0.29, 0.717) is 30.1 Å². The Hall–Kier alpha value is -2.31. The molecule has 240 valence electrons. The summed E-state index contributed by atoms with van der Waals surface area (Å²) in [5.74, 6) is 1.62. The van der Waals surface area contributed by atoms with Crippen molar-refractivity contribution in [3.8, 4) is 11.5 Å². The van der Waals surface area contributed by atoms with Crippen LogP contribution in [0.15, 0.2) is 36.1 Å². The van der Waals surface area contributed by atoms with E-state index in [1.54, 1.807) is 7.11 Å². The lowest BCUT2D eigenvalue weighted by Gasteiger charge is -2.56. The number of unbranched alkanes of at least 4 members (excludes halogenated alkanes) is 11. The van der Waals surface area contributed by atoms with Gasteiger partial charge in [-0.15, -0.1) is 0 Å². The zero-order chi connectivity index (χ0) is 30.9. The van der Waals surface area contributed by atoms with Crippen LogP contribution in [0.25, 0.3) is 0 Å². The van der Waals surface area contributed by atoms with E-state index in [-0.39, 0.29) is 12.0 Å². The van der Waals surface area contributed by atoms with Crippen LogP contribution in [-0.2, 0) is 21.4 Å². The van der Waals surface area contributed by atoms with Crippen LogP contribution in [-0.4, -0.2) is 54.4 Å². The average Bonchev–Trinajstić information content (AvgIpc) is 3.34. The molecule has 1 aromatic rings. The largest absolute Gasteiger partial charge is 0.493 e. The second-order valence-corrected chi connectivity index (χ2v) is 13.2. The van der Waals surface area contributed by atoms with Gasteiger partial charge < -0.3 is 24.2 Å². The van der Waals surface area contributed by atoms with Crippen molar-refractivity contribution in [2.75, 3.05) is 20.7 Å². The monoisotopic (exact) mass is 595 g/mol. The summed E-state index contributed by atoms with van der Waals surface area (Å²) in [4.78, 5) is 15.2. The molecule has 1 aromatic carbocycles. The van der Waals surface area contributed by atoms with Crippen LogP contribution in [0.5, 0.6) is 11.5 Å². The molecule has 0 amide bonds. The fourth-order valence-electron chi connectivity index (χ4n) is 7.57. The first kappa shape index (κ1) is 33.6. The van der Waals surface area contributed by atoms with E-state index in [1.807, 2.05) is 12.1 Å². The topological polar surface area (TPSA) is 68.2 Å². The maximum atomic E-state index is 13.0. The second-order valence-electron chi connectivity index (χ2n) is 13.2. The number of carbonyl (C=O) groups is 1. The molecule has 0 radical (unpaired) electrons. The summed E-state index contributed by atoms with van der Waals surface area (Å²) in [6, 6.07) is 3.97. The first-order valence-electron chi connectivity index (χ1n) is 17.2. The molecule has 0 fully saturated rings. The fraction of sp³-hybridized carbons (Fsp3) is 0.703. The van der Waals surface area contributed by atoms with Gasteiger partial charge >= 0.3 is 5.97 Å². The summed E-state index contributed by atoms with van der Waals surface area (Å²) in [5.41, 5.74) is 0.342. The van der Waals surface area contributed by atoms with Crippen LogP contribution in [0.1, 0.15) is 128 Å². The van der Waals surface area contributed by atoms with Gasteiger partial charge in [0.1, 0.15) is 5.76 Å². The third-order valence-corrected chi connectivity index (χ3v) is 10.3. The number of methoxy groups -OCH3 is 1. The quantitative estimate of drug-likeness (QED) is 0.0988. The Bertz CT molecular complexity index is 1130. The summed E-state index contributed by atoms with van der Waals surface area (Å²) in [6.07, 6.45) is 23.5. The average molecular weight is 596 g/mol. The Morgan fingerprint density at radius 2 is 1.67 bits per heavy atom. The van der Waals surface area contributed by atoms with Crippen molar-refractivity contribution in [2.45, 2.75) is 147 Å². The number of rotatable bonds is 19. The third kappa shape index (κ3) is 7.17. The minimum atomic E-state index is -1.06. The fourth-order valence-corrected chi connectivity index (χ4v) is 7.57. The van der Waals surface area contributed by atoms with Gasteiger partial charge in [-0.1, -0.05) is 83.4 Å². The molecule has 4 rings (SSSR count). The molecule has 1 N–H and O–H groups in total. The molecule has 1 heterocycles. The lowest BCUT2D eigenvalue weighted by molar-refractivity contribution is -0.150. The number of esters is 1. The van der Waals surface area contributed by atoms with E-state index in [1.165, 1.54) is 57.8 Å². The van der Waals surface area contributed by atoms with E-state index in [0.717, 1.165) is 49.8 Å². The summed E-state index contributed by atoms with van der Waals surface area (Å²) in [7, 11) is 3.71. The number of ether oxygens (including phenoxy) is 3. The lowest BCUT2D eigenvalue weighted by Crippen LogP contribution is -2.69. The molecular weight excluding hydrogens is 538 g/mol. The first-order valence-corrected chi connectivity index (χ1v) is 17.2. The zero-order valence-electron chi connectivity index (χ0n) is 27.6. The summed E-state index contributed by atoms with van der Waals surface area (Å²) >= 11 is 0. The molecule has 0 spiro atoms. The Morgan fingerprint density at radius 1 is 1.02 bits per heavy atom. The molecule has 4 atom stereocenters. The van der Waals surface area contributed by atoms with Crippen LogP contribution in [0.2, 0.25) is 0 Å². The Morgan fingerprint density at radius 3 is 2.33 bits per heavy atom. The maximum absolute atomic E-state index is 13.0. The van der Waals surface area contributed by atoms with Crippen molar-refractivity contribution >= 4 is 5.97 Å². The summed E-state index contributed by atoms with van der Waals surface area (Å²) in [5, 5.41) is 12.4. The van der Waals surface area contributed by atoms with Crippen molar-refractivity contribution in [2.24, 2.45) is 0 Å². The van der Waals surface area contributed by atoms with Gasteiger partial charge in [0.15, 0.2) is 17.6 Å². The molecule has 6 heteroatoms. The molecule has 3 aliphatic rings. The van der Waals surface area contributed by atoms with Crippen LogP contribution >= 0.6 is 0 Å². The summed E-state index contributed by atoms with van der Waals surface area (Å²) < 4.78 is 18.2. The van der Waals surface area contributed by atoms with E-state index in [4.69, 9.17) is 14.2 Å². The number of likely N-dealkylation sites (N-methyl/N-ethyl adjacent to an activating group) is 1. The van der Waals surface area contributed by atoms with Crippen molar-refractivity contribution in [1.82, 2.24) is 4.90 Å². The number of nitrogens with zero attached hydrogens (tertiary/aromatic N) is 1. The van der Waals surface area contributed by atoms with Gasteiger partial charge in [0.05, 0.1) is 18.1 Å². The van der Waals surface area contributed by atoms with Gasteiger partial charge in [0.25, 0.3) is 0 Å². The first-order chi connectivity index (χ1) is 20.8. The van der Waals surface area contributed by atoms with E-state index in [2.05, 4.69) is 50.9 Å². The third-order valence-electron chi connectivity index (χ3n) is 10.3. The highest BCUT2D eigenvalue weighted by Crippen LogP contribution is 2.62. The molecule has 0 aromatic heterocycles. The Kier molecular flexibility index (Phi) is 12.2. The van der Waals surface area contributed by atoms with Crippen molar-refractivity contribution in [3.05, 3.63) is 47.2 Å². The van der Waals surface area contributed by atoms with Crippen LogP contribution in [0.4, 0.5) is 0 Å². The van der Waals surface area contributed by atoms with Gasteiger partial charge in [-0.25, -0.2) is 0 Å². The van der Waals surface area contributed by atoms with Gasteiger partial charge in [-0.05, 0) is 76.7 Å². The molecule has 43 heavy (non-hydrogen) atoms. The molecule has 6 nitrogen and oxygen atoms in total. The van der Waals surface area contributed by atoms with Gasteiger partial charge in [-0.3, -0.25) is 4.79 Å². The number of hydrogen-bond acceptors (Lipinski definition) is 6. The highest BCUT2D eigenvalue weighted by Gasteiger charge is 2.68. The lowest BCUT2D eigenvalue weighted by atomic mass is 9.54. The van der Waals surface area contributed by atoms with Crippen molar-refractivity contribution in [1.29, 1.82) is 0 Å². The van der Waals surface area contributed by atoms with Crippen LogP contribution < -0.4 is 9.47 Å². The number of benzene rings is 1. The highest BCUT2D eigenvalue weighted by atomic mass is 16.6. The minimum absolute atomic E-state index is 0.0789. The molecule has 0 unspecified atom stereocenters. The number of allylic oxidation sites excluding steroid dienone is 2. The van der Waals surface area contributed by atoms with Gasteiger partial charge in [-0.2, -0.15) is 0 Å². The number of hydrogen-bond donors (Lipinski definition) is 1. The summed E-state index contributed by atoms with van der Waals surface area (Å²) in [6.45, 7) is 7.28. The highest BCUT2D eigenvalue weighted by molar-refractivity contribution is 5.71. The molecule has 0 saturated heterocycles. The molecule has 2 aliphatic carbocycles. The van der Waals surface area contributed by atoms with E-state index in [9.17, 15) is 9.90 Å². The minimum Gasteiger partial charge on any atom is -0.493 e. The molecule has 0 bridgehead atoms. The smallest absolute Gasteiger partial charge is 0.310 e. The predicted octanol–water partition coefficient (Wildman–Crippen LogP) is 8.19. The Balaban J connectivity index is 1.24. The Labute approximate surface area is 260 Å². The second kappa shape index (κ2) is 15.6. The van der Waals surface area contributed by atoms with Crippen LogP contribution in [0, 0.1) is 0 Å².